The Labute approximate surface area is 176 Å². The highest BCUT2D eigenvalue weighted by Gasteiger charge is 2.46. The van der Waals surface area contributed by atoms with Crippen LogP contribution in [0.4, 0.5) is 8.78 Å². The number of phenolic OH excluding ortho intramolecular Hbond substituents is 1. The molecule has 0 radical (unpaired) electrons. The topological polar surface area (TPSA) is 119 Å². The van der Waals surface area contributed by atoms with Crippen LogP contribution < -0.4 is 10.8 Å². The molecular weight excluding hydrogens is 410 g/mol. The zero-order valence-electron chi connectivity index (χ0n) is 16.2. The molecule has 0 aliphatic carbocycles. The van der Waals surface area contributed by atoms with Crippen molar-refractivity contribution in [3.63, 3.8) is 0 Å². The van der Waals surface area contributed by atoms with Crippen LogP contribution in [0, 0.1) is 23.7 Å². The van der Waals surface area contributed by atoms with E-state index in [0.717, 1.165) is 5.48 Å². The molecule has 0 aliphatic heterocycles. The highest BCUT2D eigenvalue weighted by molar-refractivity contribution is 5.97. The minimum absolute atomic E-state index is 0.00616. The van der Waals surface area contributed by atoms with Crippen molar-refractivity contribution in [3.05, 3.63) is 65.2 Å². The Balaban J connectivity index is 2.12. The van der Waals surface area contributed by atoms with E-state index >= 15 is 0 Å². The van der Waals surface area contributed by atoms with Crippen LogP contribution in [0.1, 0.15) is 28.4 Å². The summed E-state index contributed by atoms with van der Waals surface area (Å²) < 4.78 is 26.1. The van der Waals surface area contributed by atoms with E-state index in [1.54, 1.807) is 18.2 Å². The first-order valence-corrected chi connectivity index (χ1v) is 8.82. The molecule has 2 aromatic rings. The maximum absolute atomic E-state index is 13.0. The number of halogens is 2. The molecule has 2 aromatic carbocycles. The van der Waals surface area contributed by atoms with Crippen molar-refractivity contribution >= 4 is 11.8 Å². The standard InChI is InChI=1S/C22H18F2N2O5/c1-22(30,21(23)24)18(20(29)26-31)25-19(28)16-12-10-14(11-13-16)6-2-3-7-15-8-4-5-9-17(15)27/h4-5,8-13,18,21,27,30-31H,1H3,(H,25,28)(H,26,29). The van der Waals surface area contributed by atoms with Crippen LogP contribution in [0.25, 0.3) is 0 Å². The van der Waals surface area contributed by atoms with Crippen LogP contribution in [-0.4, -0.2) is 45.3 Å². The first-order valence-electron chi connectivity index (χ1n) is 8.82. The predicted molar refractivity (Wildman–Crippen MR) is 106 cm³/mol. The smallest absolute Gasteiger partial charge is 0.269 e. The van der Waals surface area contributed by atoms with E-state index in [9.17, 15) is 28.6 Å². The third-order valence-corrected chi connectivity index (χ3v) is 4.19. The van der Waals surface area contributed by atoms with Gasteiger partial charge in [0.05, 0.1) is 5.56 Å². The Bertz CT molecular complexity index is 1080. The summed E-state index contributed by atoms with van der Waals surface area (Å²) in [4.78, 5) is 23.9. The molecule has 7 nitrogen and oxygen atoms in total. The van der Waals surface area contributed by atoms with Gasteiger partial charge in [0, 0.05) is 11.1 Å². The number of carbonyl (C=O) groups excluding carboxylic acids is 2. The third kappa shape index (κ3) is 6.03. The number of rotatable bonds is 5. The Morgan fingerprint density at radius 2 is 1.65 bits per heavy atom. The molecule has 0 bridgehead atoms. The van der Waals surface area contributed by atoms with Crippen LogP contribution in [0.2, 0.25) is 0 Å². The number of para-hydroxylation sites is 1. The minimum atomic E-state index is -3.37. The van der Waals surface area contributed by atoms with Gasteiger partial charge in [-0.2, -0.15) is 0 Å². The van der Waals surface area contributed by atoms with E-state index < -0.39 is 29.9 Å². The normalized spacial score (nSPS) is 13.0. The summed E-state index contributed by atoms with van der Waals surface area (Å²) in [6, 6.07) is 10.0. The van der Waals surface area contributed by atoms with Crippen LogP contribution in [-0.2, 0) is 4.79 Å². The molecule has 31 heavy (non-hydrogen) atoms. The zero-order valence-corrected chi connectivity index (χ0v) is 16.2. The van der Waals surface area contributed by atoms with E-state index in [2.05, 4.69) is 23.7 Å². The molecule has 0 saturated carbocycles. The van der Waals surface area contributed by atoms with Gasteiger partial charge < -0.3 is 15.5 Å². The molecular formula is C22H18F2N2O5. The lowest BCUT2D eigenvalue weighted by Gasteiger charge is -2.30. The first kappa shape index (κ1) is 23.4. The van der Waals surface area contributed by atoms with E-state index in [1.165, 1.54) is 30.3 Å². The highest BCUT2D eigenvalue weighted by Crippen LogP contribution is 2.20. The number of hydroxylamine groups is 1. The molecule has 0 spiro atoms. The monoisotopic (exact) mass is 428 g/mol. The first-order chi connectivity index (χ1) is 14.7. The number of aliphatic hydroxyl groups is 1. The van der Waals surface area contributed by atoms with Crippen molar-refractivity contribution in [2.45, 2.75) is 25.0 Å². The van der Waals surface area contributed by atoms with Crippen molar-refractivity contribution in [2.75, 3.05) is 0 Å². The fourth-order valence-electron chi connectivity index (χ4n) is 2.37. The van der Waals surface area contributed by atoms with E-state index in [0.29, 0.717) is 18.1 Å². The Kier molecular flexibility index (Phi) is 7.70. The Morgan fingerprint density at radius 3 is 2.23 bits per heavy atom. The fourth-order valence-corrected chi connectivity index (χ4v) is 2.37. The summed E-state index contributed by atoms with van der Waals surface area (Å²) in [7, 11) is 0. The van der Waals surface area contributed by atoms with Crippen molar-refractivity contribution in [1.29, 1.82) is 0 Å². The SMILES string of the molecule is CC(O)(C(F)F)C(NC(=O)c1ccc(C#CC#Cc2ccccc2O)cc1)C(=O)NO. The summed E-state index contributed by atoms with van der Waals surface area (Å²) in [5.41, 5.74) is -0.854. The number of hydrogen-bond donors (Lipinski definition) is 5. The van der Waals surface area contributed by atoms with Gasteiger partial charge >= 0.3 is 0 Å². The molecule has 0 aromatic heterocycles. The van der Waals surface area contributed by atoms with Crippen molar-refractivity contribution in [2.24, 2.45) is 0 Å². The number of carbonyl (C=O) groups is 2. The number of hydrogen-bond acceptors (Lipinski definition) is 5. The summed E-state index contributed by atoms with van der Waals surface area (Å²) in [5, 5.41) is 30.1. The molecule has 5 N–H and O–H groups in total. The second-order valence-corrected chi connectivity index (χ2v) is 6.50. The van der Waals surface area contributed by atoms with Crippen molar-refractivity contribution in [3.8, 4) is 29.4 Å². The van der Waals surface area contributed by atoms with E-state index in [1.807, 2.05) is 5.32 Å². The fraction of sp³-hybridized carbons (Fsp3) is 0.182. The maximum Gasteiger partial charge on any atom is 0.269 e. The van der Waals surface area contributed by atoms with Gasteiger partial charge in [0.1, 0.15) is 11.8 Å². The second kappa shape index (κ2) is 10.2. The van der Waals surface area contributed by atoms with Crippen LogP contribution >= 0.6 is 0 Å². The van der Waals surface area contributed by atoms with Gasteiger partial charge in [-0.1, -0.05) is 18.1 Å². The molecule has 2 atom stereocenters. The number of aromatic hydroxyl groups is 1. The molecule has 160 valence electrons. The molecule has 2 unspecified atom stereocenters. The van der Waals surface area contributed by atoms with Crippen LogP contribution in [0.5, 0.6) is 5.75 Å². The van der Waals surface area contributed by atoms with Gasteiger partial charge in [0.2, 0.25) is 0 Å². The lowest BCUT2D eigenvalue weighted by molar-refractivity contribution is -0.149. The number of nitrogens with one attached hydrogen (secondary N) is 2. The average molecular weight is 428 g/mol. The van der Waals surface area contributed by atoms with E-state index in [-0.39, 0.29) is 11.3 Å². The lowest BCUT2D eigenvalue weighted by atomic mass is 9.95. The van der Waals surface area contributed by atoms with Gasteiger partial charge in [-0.25, -0.2) is 14.3 Å². The molecule has 0 fully saturated rings. The Hall–Kier alpha value is -3.92. The van der Waals surface area contributed by atoms with Crippen molar-refractivity contribution in [1.82, 2.24) is 10.8 Å². The largest absolute Gasteiger partial charge is 0.507 e. The predicted octanol–water partition coefficient (Wildman–Crippen LogP) is 1.42. The quantitative estimate of drug-likeness (QED) is 0.280. The van der Waals surface area contributed by atoms with Gasteiger partial charge in [-0.3, -0.25) is 14.8 Å². The van der Waals surface area contributed by atoms with Gasteiger partial charge in [0.15, 0.2) is 5.60 Å². The number of amides is 2. The lowest BCUT2D eigenvalue weighted by Crippen LogP contribution is -2.61. The average Bonchev–Trinajstić information content (AvgIpc) is 2.75. The van der Waals surface area contributed by atoms with Gasteiger partial charge in [-0.05, 0) is 61.1 Å². The molecule has 9 heteroatoms. The number of alkyl halides is 2. The van der Waals surface area contributed by atoms with Gasteiger partial charge in [-0.15, -0.1) is 0 Å². The highest BCUT2D eigenvalue weighted by atomic mass is 19.3. The molecule has 0 aliphatic rings. The van der Waals surface area contributed by atoms with Crippen LogP contribution in [0.3, 0.4) is 0 Å². The zero-order chi connectivity index (χ0) is 23.0. The second-order valence-electron chi connectivity index (χ2n) is 6.50. The number of benzene rings is 2. The maximum atomic E-state index is 13.0. The van der Waals surface area contributed by atoms with Crippen LogP contribution in [0.15, 0.2) is 48.5 Å². The summed E-state index contributed by atoms with van der Waals surface area (Å²) >= 11 is 0. The summed E-state index contributed by atoms with van der Waals surface area (Å²) in [6.07, 6.45) is -3.37. The summed E-state index contributed by atoms with van der Waals surface area (Å²) in [5.74, 6) is 8.32. The number of phenols is 1. The molecule has 2 rings (SSSR count). The van der Waals surface area contributed by atoms with Crippen molar-refractivity contribution < 1.29 is 33.8 Å². The van der Waals surface area contributed by atoms with Gasteiger partial charge in [0.25, 0.3) is 18.2 Å². The minimum Gasteiger partial charge on any atom is -0.507 e. The van der Waals surface area contributed by atoms with E-state index in [4.69, 9.17) is 5.21 Å². The molecule has 0 heterocycles. The molecule has 2 amide bonds. The molecule has 0 saturated heterocycles. The Morgan fingerprint density at radius 1 is 1.03 bits per heavy atom. The third-order valence-electron chi connectivity index (χ3n) is 4.19. The summed E-state index contributed by atoms with van der Waals surface area (Å²) in [6.45, 7) is 0.659.